The first kappa shape index (κ1) is 12.4. The average Bonchev–Trinajstić information content (AvgIpc) is 2.85. The van der Waals surface area contributed by atoms with Crippen LogP contribution >= 0.6 is 11.3 Å². The lowest BCUT2D eigenvalue weighted by molar-refractivity contribution is 0.670. The number of thiophene rings is 1. The molecule has 0 amide bonds. The van der Waals surface area contributed by atoms with Crippen molar-refractivity contribution in [2.45, 2.75) is 39.0 Å². The van der Waals surface area contributed by atoms with E-state index in [0.29, 0.717) is 0 Å². The zero-order valence-electron chi connectivity index (χ0n) is 10.5. The predicted molar refractivity (Wildman–Crippen MR) is 77.6 cm³/mol. The van der Waals surface area contributed by atoms with Crippen molar-refractivity contribution >= 4 is 11.3 Å². The Morgan fingerprint density at radius 1 is 0.941 bits per heavy atom. The van der Waals surface area contributed by atoms with Crippen molar-refractivity contribution in [2.75, 3.05) is 0 Å². The summed E-state index contributed by atoms with van der Waals surface area (Å²) in [4.78, 5) is 1.53. The minimum Gasteiger partial charge on any atom is -0.148 e. The molecule has 90 valence electrons. The van der Waals surface area contributed by atoms with Crippen LogP contribution in [0.2, 0.25) is 0 Å². The summed E-state index contributed by atoms with van der Waals surface area (Å²) in [5, 5.41) is 2.28. The van der Waals surface area contributed by atoms with E-state index in [-0.39, 0.29) is 0 Å². The number of unbranched alkanes of at least 4 members (excludes halogenated alkanes) is 3. The normalized spacial score (nSPS) is 10.6. The molecular formula is C16H20S. The molecular weight excluding hydrogens is 224 g/mol. The number of hydrogen-bond acceptors (Lipinski definition) is 1. The van der Waals surface area contributed by atoms with Gasteiger partial charge in [-0.05, 0) is 35.4 Å². The van der Waals surface area contributed by atoms with Crippen LogP contribution in [0.25, 0.3) is 11.1 Å². The highest BCUT2D eigenvalue weighted by Gasteiger charge is 2.01. The highest BCUT2D eigenvalue weighted by Crippen LogP contribution is 2.26. The Balaban J connectivity index is 1.92. The first-order chi connectivity index (χ1) is 8.40. The van der Waals surface area contributed by atoms with Gasteiger partial charge in [-0.1, -0.05) is 56.5 Å². The Labute approximate surface area is 108 Å². The number of hydrogen-bond donors (Lipinski definition) is 0. The molecule has 17 heavy (non-hydrogen) atoms. The molecule has 0 bridgehead atoms. The van der Waals surface area contributed by atoms with E-state index in [9.17, 15) is 0 Å². The van der Waals surface area contributed by atoms with Gasteiger partial charge >= 0.3 is 0 Å². The molecule has 0 radical (unpaired) electrons. The quantitative estimate of drug-likeness (QED) is 0.585. The first-order valence-electron chi connectivity index (χ1n) is 6.53. The van der Waals surface area contributed by atoms with Gasteiger partial charge in [-0.15, -0.1) is 11.3 Å². The Bertz CT molecular complexity index is 428. The molecule has 0 nitrogen and oxygen atoms in total. The van der Waals surface area contributed by atoms with Crippen molar-refractivity contribution in [3.05, 3.63) is 46.7 Å². The summed E-state index contributed by atoms with van der Waals surface area (Å²) >= 11 is 1.90. The molecule has 0 unspecified atom stereocenters. The maximum Gasteiger partial charge on any atom is 0.00516 e. The van der Waals surface area contributed by atoms with Crippen LogP contribution in [0.3, 0.4) is 0 Å². The van der Waals surface area contributed by atoms with E-state index in [2.05, 4.69) is 48.7 Å². The summed E-state index contributed by atoms with van der Waals surface area (Å²) in [5.41, 5.74) is 2.71. The summed E-state index contributed by atoms with van der Waals surface area (Å²) in [6.07, 6.45) is 6.64. The van der Waals surface area contributed by atoms with Gasteiger partial charge in [0.1, 0.15) is 0 Å². The fourth-order valence-electron chi connectivity index (χ4n) is 2.02. The number of aryl methyl sites for hydroxylation is 1. The molecule has 0 saturated heterocycles. The van der Waals surface area contributed by atoms with Gasteiger partial charge in [0, 0.05) is 4.88 Å². The maximum absolute atomic E-state index is 2.35. The molecule has 1 aromatic carbocycles. The summed E-state index contributed by atoms with van der Waals surface area (Å²) in [6.45, 7) is 2.26. The molecule has 0 fully saturated rings. The van der Waals surface area contributed by atoms with E-state index in [1.54, 1.807) is 0 Å². The van der Waals surface area contributed by atoms with Gasteiger partial charge in [0.15, 0.2) is 0 Å². The van der Waals surface area contributed by atoms with Crippen molar-refractivity contribution in [1.82, 2.24) is 0 Å². The third-order valence-corrected chi connectivity index (χ3v) is 4.03. The Hall–Kier alpha value is -1.08. The second-order valence-corrected chi connectivity index (χ2v) is 5.47. The molecule has 0 aliphatic rings. The summed E-state index contributed by atoms with van der Waals surface area (Å²) in [7, 11) is 0. The molecule has 0 aliphatic carbocycles. The monoisotopic (exact) mass is 244 g/mol. The van der Waals surface area contributed by atoms with Crippen molar-refractivity contribution in [2.24, 2.45) is 0 Å². The second-order valence-electron chi connectivity index (χ2n) is 4.48. The number of rotatable bonds is 6. The average molecular weight is 244 g/mol. The van der Waals surface area contributed by atoms with Crippen molar-refractivity contribution in [3.8, 4) is 11.1 Å². The van der Waals surface area contributed by atoms with Crippen molar-refractivity contribution < 1.29 is 0 Å². The van der Waals surface area contributed by atoms with E-state index in [1.807, 2.05) is 11.3 Å². The van der Waals surface area contributed by atoms with Gasteiger partial charge in [0.2, 0.25) is 0 Å². The van der Waals surface area contributed by atoms with Crippen molar-refractivity contribution in [1.29, 1.82) is 0 Å². The van der Waals surface area contributed by atoms with Gasteiger partial charge in [0.25, 0.3) is 0 Å². The van der Waals surface area contributed by atoms with Crippen LogP contribution in [-0.4, -0.2) is 0 Å². The molecule has 2 rings (SSSR count). The molecule has 2 aromatic rings. The van der Waals surface area contributed by atoms with E-state index in [0.717, 1.165) is 0 Å². The van der Waals surface area contributed by atoms with E-state index in [4.69, 9.17) is 0 Å². The zero-order valence-corrected chi connectivity index (χ0v) is 11.3. The van der Waals surface area contributed by atoms with Crippen LogP contribution in [0.4, 0.5) is 0 Å². The molecule has 0 saturated carbocycles. The van der Waals surface area contributed by atoms with Crippen LogP contribution in [0.1, 0.15) is 37.5 Å². The molecule has 0 aliphatic heterocycles. The molecule has 1 aromatic heterocycles. The second kappa shape index (κ2) is 6.61. The van der Waals surface area contributed by atoms with Crippen LogP contribution < -0.4 is 0 Å². The van der Waals surface area contributed by atoms with Crippen LogP contribution in [-0.2, 0) is 6.42 Å². The molecule has 0 atom stereocenters. The first-order valence-corrected chi connectivity index (χ1v) is 7.41. The summed E-state index contributed by atoms with van der Waals surface area (Å²) in [6, 6.07) is 13.0. The summed E-state index contributed by atoms with van der Waals surface area (Å²) in [5.74, 6) is 0. The summed E-state index contributed by atoms with van der Waals surface area (Å²) < 4.78 is 0. The third-order valence-electron chi connectivity index (χ3n) is 3.04. The van der Waals surface area contributed by atoms with Crippen LogP contribution in [0.15, 0.2) is 41.8 Å². The smallest absolute Gasteiger partial charge is 0.00516 e. The lowest BCUT2D eigenvalue weighted by Gasteiger charge is -1.97. The topological polar surface area (TPSA) is 0 Å². The largest absolute Gasteiger partial charge is 0.148 e. The van der Waals surface area contributed by atoms with Gasteiger partial charge in [-0.25, -0.2) is 0 Å². The van der Waals surface area contributed by atoms with Gasteiger partial charge in [-0.3, -0.25) is 0 Å². The molecule has 1 heteroatoms. The van der Waals surface area contributed by atoms with E-state index in [1.165, 1.54) is 48.1 Å². The molecule has 0 spiro atoms. The maximum atomic E-state index is 2.35. The van der Waals surface area contributed by atoms with Gasteiger partial charge in [-0.2, -0.15) is 0 Å². The fourth-order valence-corrected chi connectivity index (χ4v) is 2.96. The molecule has 1 heterocycles. The van der Waals surface area contributed by atoms with Crippen molar-refractivity contribution in [3.63, 3.8) is 0 Å². The van der Waals surface area contributed by atoms with Crippen LogP contribution in [0, 0.1) is 0 Å². The highest BCUT2D eigenvalue weighted by atomic mass is 32.1. The Kier molecular flexibility index (Phi) is 4.81. The zero-order chi connectivity index (χ0) is 11.9. The standard InChI is InChI=1S/C16H20S/c1-2-3-4-8-11-16-12-15(13-17-16)14-9-6-5-7-10-14/h5-7,9-10,12-13H,2-4,8,11H2,1H3. The molecule has 0 N–H and O–H groups in total. The van der Waals surface area contributed by atoms with E-state index < -0.39 is 0 Å². The fraction of sp³-hybridized carbons (Fsp3) is 0.375. The minimum atomic E-state index is 1.25. The third kappa shape index (κ3) is 3.71. The SMILES string of the molecule is CCCCCCc1cc(-c2ccccc2)cs1. The Morgan fingerprint density at radius 2 is 1.76 bits per heavy atom. The predicted octanol–water partition coefficient (Wildman–Crippen LogP) is 5.54. The minimum absolute atomic E-state index is 1.25. The van der Waals surface area contributed by atoms with E-state index >= 15 is 0 Å². The lowest BCUT2D eigenvalue weighted by atomic mass is 10.1. The van der Waals surface area contributed by atoms with Gasteiger partial charge < -0.3 is 0 Å². The number of benzene rings is 1. The van der Waals surface area contributed by atoms with Crippen LogP contribution in [0.5, 0.6) is 0 Å². The lowest BCUT2D eigenvalue weighted by Crippen LogP contribution is -1.81. The highest BCUT2D eigenvalue weighted by molar-refractivity contribution is 7.10. The van der Waals surface area contributed by atoms with Gasteiger partial charge in [0.05, 0.1) is 0 Å². The Morgan fingerprint density at radius 3 is 2.53 bits per heavy atom.